The van der Waals surface area contributed by atoms with Crippen molar-refractivity contribution in [3.63, 3.8) is 0 Å². The summed E-state index contributed by atoms with van der Waals surface area (Å²) in [6, 6.07) is 1.67. The molecule has 0 saturated heterocycles. The third-order valence-electron chi connectivity index (χ3n) is 2.41. The van der Waals surface area contributed by atoms with Crippen LogP contribution >= 0.6 is 0 Å². The lowest BCUT2D eigenvalue weighted by Gasteiger charge is -2.14. The molecule has 0 unspecified atom stereocenters. The van der Waals surface area contributed by atoms with E-state index in [9.17, 15) is 4.79 Å². The van der Waals surface area contributed by atoms with Crippen molar-refractivity contribution < 1.29 is 9.47 Å². The molecule has 6 nitrogen and oxygen atoms in total. The fourth-order valence-corrected chi connectivity index (χ4v) is 1.51. The number of fused-ring (bicyclic) bond motifs is 1. The third kappa shape index (κ3) is 1.84. The van der Waals surface area contributed by atoms with Gasteiger partial charge in [-0.2, -0.15) is 5.10 Å². The zero-order chi connectivity index (χ0) is 11.5. The van der Waals surface area contributed by atoms with Crippen LogP contribution in [0.15, 0.2) is 29.5 Å². The van der Waals surface area contributed by atoms with E-state index in [2.05, 4.69) is 5.10 Å². The molecule has 0 aliphatic heterocycles. The van der Waals surface area contributed by atoms with E-state index >= 15 is 0 Å². The van der Waals surface area contributed by atoms with Crippen LogP contribution in [0.1, 0.15) is 0 Å². The molecule has 2 aromatic heterocycles. The van der Waals surface area contributed by atoms with E-state index in [1.807, 2.05) is 0 Å². The zero-order valence-electron chi connectivity index (χ0n) is 9.16. The molecule has 0 radical (unpaired) electrons. The predicted octanol–water partition coefficient (Wildman–Crippen LogP) is 0.115. The fraction of sp³-hybridized carbons (Fsp3) is 0.400. The first-order valence-electron chi connectivity index (χ1n) is 4.84. The van der Waals surface area contributed by atoms with E-state index in [0.717, 1.165) is 0 Å². The van der Waals surface area contributed by atoms with Gasteiger partial charge in [0.1, 0.15) is 5.52 Å². The lowest BCUT2D eigenvalue weighted by molar-refractivity contribution is -0.111. The van der Waals surface area contributed by atoms with Gasteiger partial charge in [-0.1, -0.05) is 0 Å². The average Bonchev–Trinajstić information content (AvgIpc) is 2.77. The second kappa shape index (κ2) is 4.46. The number of methoxy groups -OCH3 is 2. The Labute approximate surface area is 92.0 Å². The highest BCUT2D eigenvalue weighted by Gasteiger charge is 2.09. The summed E-state index contributed by atoms with van der Waals surface area (Å²) in [7, 11) is 3.08. The zero-order valence-corrected chi connectivity index (χ0v) is 9.16. The monoisotopic (exact) mass is 223 g/mol. The maximum Gasteiger partial charge on any atom is 0.276 e. The van der Waals surface area contributed by atoms with Gasteiger partial charge in [-0.3, -0.25) is 4.79 Å². The Morgan fingerprint density at radius 1 is 1.38 bits per heavy atom. The summed E-state index contributed by atoms with van der Waals surface area (Å²) >= 11 is 0. The van der Waals surface area contributed by atoms with Gasteiger partial charge in [-0.15, -0.1) is 0 Å². The van der Waals surface area contributed by atoms with Crippen LogP contribution in [-0.4, -0.2) is 34.7 Å². The molecule has 0 saturated carbocycles. The molecule has 6 heteroatoms. The Morgan fingerprint density at radius 2 is 2.12 bits per heavy atom. The van der Waals surface area contributed by atoms with Crippen LogP contribution in [0.2, 0.25) is 0 Å². The Bertz CT molecular complexity index is 527. The largest absolute Gasteiger partial charge is 0.354 e. The summed E-state index contributed by atoms with van der Waals surface area (Å²) in [5.74, 6) is 0. The number of hydrogen-bond acceptors (Lipinski definition) is 4. The number of nitrogens with zero attached hydrogens (tertiary/aromatic N) is 3. The Kier molecular flexibility index (Phi) is 3.02. The lowest BCUT2D eigenvalue weighted by Crippen LogP contribution is -2.29. The molecular formula is C10H13N3O3. The van der Waals surface area contributed by atoms with E-state index in [4.69, 9.17) is 9.47 Å². The Balaban J connectivity index is 2.37. The second-order valence-electron chi connectivity index (χ2n) is 3.32. The van der Waals surface area contributed by atoms with E-state index in [0.29, 0.717) is 12.1 Å². The van der Waals surface area contributed by atoms with Crippen molar-refractivity contribution in [1.82, 2.24) is 14.2 Å². The van der Waals surface area contributed by atoms with Crippen LogP contribution < -0.4 is 5.56 Å². The summed E-state index contributed by atoms with van der Waals surface area (Å²) in [5, 5.41) is 3.98. The minimum absolute atomic E-state index is 0.112. The number of hydrogen-bond donors (Lipinski definition) is 0. The van der Waals surface area contributed by atoms with Gasteiger partial charge < -0.3 is 14.0 Å². The van der Waals surface area contributed by atoms with Crippen molar-refractivity contribution in [2.24, 2.45) is 0 Å². The first-order chi connectivity index (χ1) is 7.76. The van der Waals surface area contributed by atoms with Gasteiger partial charge in [0.15, 0.2) is 6.29 Å². The highest BCUT2D eigenvalue weighted by atomic mass is 16.7. The molecule has 0 aliphatic carbocycles. The van der Waals surface area contributed by atoms with Crippen LogP contribution in [0.25, 0.3) is 5.52 Å². The van der Waals surface area contributed by atoms with Crippen LogP contribution in [0.5, 0.6) is 0 Å². The molecule has 2 heterocycles. The summed E-state index contributed by atoms with van der Waals surface area (Å²) in [4.78, 5) is 11.9. The minimum Gasteiger partial charge on any atom is -0.354 e. The molecule has 0 bridgehead atoms. The molecule has 0 spiro atoms. The molecule has 2 aromatic rings. The van der Waals surface area contributed by atoms with Gasteiger partial charge in [-0.25, -0.2) is 4.52 Å². The molecule has 0 fully saturated rings. The highest BCUT2D eigenvalue weighted by Crippen LogP contribution is 1.98. The topological polar surface area (TPSA) is 57.8 Å². The van der Waals surface area contributed by atoms with Crippen molar-refractivity contribution in [2.45, 2.75) is 12.8 Å². The maximum absolute atomic E-state index is 11.9. The molecule has 16 heavy (non-hydrogen) atoms. The van der Waals surface area contributed by atoms with Gasteiger partial charge in [0.25, 0.3) is 5.56 Å². The average molecular weight is 223 g/mol. The van der Waals surface area contributed by atoms with Crippen LogP contribution in [-0.2, 0) is 16.0 Å². The maximum atomic E-state index is 11.9. The molecular weight excluding hydrogens is 210 g/mol. The second-order valence-corrected chi connectivity index (χ2v) is 3.32. The molecule has 0 atom stereocenters. The number of ether oxygens (including phenoxy) is 2. The highest BCUT2D eigenvalue weighted by molar-refractivity contribution is 5.42. The van der Waals surface area contributed by atoms with Gasteiger partial charge >= 0.3 is 0 Å². The molecule has 86 valence electrons. The summed E-state index contributed by atoms with van der Waals surface area (Å²) in [6.45, 7) is 0.355. The molecule has 2 rings (SSSR count). The molecule has 0 aliphatic rings. The number of rotatable bonds is 4. The van der Waals surface area contributed by atoms with Crippen molar-refractivity contribution in [2.75, 3.05) is 14.2 Å². The standard InChI is InChI=1S/C10H13N3O3/c1-15-9(16-2)7-12-5-6-13-8(10(12)14)3-4-11-13/h3-6,9H,7H2,1-2H3. The first-order valence-corrected chi connectivity index (χ1v) is 4.84. The van der Waals surface area contributed by atoms with E-state index in [-0.39, 0.29) is 5.56 Å². The molecule has 0 amide bonds. The summed E-state index contributed by atoms with van der Waals surface area (Å²) < 4.78 is 13.2. The van der Waals surface area contributed by atoms with E-state index < -0.39 is 6.29 Å². The van der Waals surface area contributed by atoms with Gasteiger partial charge in [0, 0.05) is 26.6 Å². The molecule has 0 aromatic carbocycles. The fourth-order valence-electron chi connectivity index (χ4n) is 1.51. The van der Waals surface area contributed by atoms with Gasteiger partial charge in [-0.05, 0) is 6.07 Å². The molecule has 0 N–H and O–H groups in total. The minimum atomic E-state index is -0.428. The Hall–Kier alpha value is -1.66. The number of aromatic nitrogens is 3. The third-order valence-corrected chi connectivity index (χ3v) is 2.41. The lowest BCUT2D eigenvalue weighted by atomic mass is 10.5. The predicted molar refractivity (Wildman–Crippen MR) is 57.3 cm³/mol. The SMILES string of the molecule is COC(Cn1ccn2nccc2c1=O)OC. The summed E-state index contributed by atoms with van der Waals surface area (Å²) in [5.41, 5.74) is 0.424. The quantitative estimate of drug-likeness (QED) is 0.690. The van der Waals surface area contributed by atoms with Crippen molar-refractivity contribution in [1.29, 1.82) is 0 Å². The Morgan fingerprint density at radius 3 is 2.81 bits per heavy atom. The van der Waals surface area contributed by atoms with Gasteiger partial charge in [0.05, 0.1) is 12.7 Å². The van der Waals surface area contributed by atoms with Crippen molar-refractivity contribution in [3.05, 3.63) is 35.0 Å². The van der Waals surface area contributed by atoms with Crippen LogP contribution in [0, 0.1) is 0 Å². The van der Waals surface area contributed by atoms with Crippen LogP contribution in [0.3, 0.4) is 0 Å². The van der Waals surface area contributed by atoms with Gasteiger partial charge in [0.2, 0.25) is 0 Å². The normalized spacial score (nSPS) is 11.4. The summed E-state index contributed by atoms with van der Waals surface area (Å²) in [6.07, 6.45) is 4.54. The van der Waals surface area contributed by atoms with Crippen molar-refractivity contribution in [3.8, 4) is 0 Å². The van der Waals surface area contributed by atoms with E-state index in [1.54, 1.807) is 24.7 Å². The van der Waals surface area contributed by atoms with Crippen LogP contribution in [0.4, 0.5) is 0 Å². The smallest absolute Gasteiger partial charge is 0.276 e. The van der Waals surface area contributed by atoms with Crippen molar-refractivity contribution >= 4 is 5.52 Å². The van der Waals surface area contributed by atoms with E-state index in [1.165, 1.54) is 23.3 Å². The first kappa shape index (κ1) is 10.8.